The van der Waals surface area contributed by atoms with E-state index in [1.165, 1.54) is 34.8 Å². The van der Waals surface area contributed by atoms with Gasteiger partial charge in [-0.2, -0.15) is 4.31 Å². The van der Waals surface area contributed by atoms with Crippen LogP contribution in [0.25, 0.3) is 0 Å². The summed E-state index contributed by atoms with van der Waals surface area (Å²) in [7, 11) is -1.84. The van der Waals surface area contributed by atoms with Gasteiger partial charge in [-0.1, -0.05) is 19.3 Å². The van der Waals surface area contributed by atoms with E-state index in [1.54, 1.807) is 18.9 Å². The zero-order chi connectivity index (χ0) is 26.0. The first-order chi connectivity index (χ1) is 17.1. The molecule has 3 fully saturated rings. The predicted molar refractivity (Wildman–Crippen MR) is 133 cm³/mol. The van der Waals surface area contributed by atoms with Gasteiger partial charge in [-0.3, -0.25) is 9.59 Å². The number of sulfonamides is 1. The number of halogens is 1. The minimum absolute atomic E-state index is 0.0298. The van der Waals surface area contributed by atoms with Crippen LogP contribution in [0.2, 0.25) is 0 Å². The Morgan fingerprint density at radius 3 is 2.39 bits per heavy atom. The van der Waals surface area contributed by atoms with Crippen molar-refractivity contribution in [3.05, 3.63) is 30.1 Å². The maximum absolute atomic E-state index is 14.1. The standard InChI is InChI=1S/C25H37FN4O5S/c1-16(27-2)24(31)28-22(17-7-5-4-6-8-17)25(32)29-14-13-20-23(29)21(15-30(20)36(3,33)34)35-19-11-9-18(26)10-12-19/h9-12,16-17,20-23,27H,4-8,13-15H2,1-3H3,(H,28,31)/t16-,20+,21-,22-,23-/m0/s1. The second-order valence-electron chi connectivity index (χ2n) is 10.2. The van der Waals surface area contributed by atoms with Crippen LogP contribution in [0.3, 0.4) is 0 Å². The highest BCUT2D eigenvalue weighted by molar-refractivity contribution is 7.88. The predicted octanol–water partition coefficient (Wildman–Crippen LogP) is 1.49. The molecule has 1 saturated carbocycles. The van der Waals surface area contributed by atoms with Gasteiger partial charge in [-0.25, -0.2) is 12.8 Å². The van der Waals surface area contributed by atoms with Crippen molar-refractivity contribution in [2.45, 2.75) is 75.7 Å². The number of rotatable bonds is 8. The molecular weight excluding hydrogens is 487 g/mol. The second kappa shape index (κ2) is 11.0. The molecule has 2 N–H and O–H groups in total. The Bertz CT molecular complexity index is 1050. The summed E-state index contributed by atoms with van der Waals surface area (Å²) in [4.78, 5) is 28.6. The van der Waals surface area contributed by atoms with Crippen molar-refractivity contribution >= 4 is 21.8 Å². The lowest BCUT2D eigenvalue weighted by molar-refractivity contribution is -0.140. The number of benzene rings is 1. The number of fused-ring (bicyclic) bond motifs is 1. The van der Waals surface area contributed by atoms with Crippen molar-refractivity contribution in [1.82, 2.24) is 19.8 Å². The molecule has 2 saturated heterocycles. The van der Waals surface area contributed by atoms with Crippen molar-refractivity contribution in [3.8, 4) is 5.75 Å². The molecule has 1 aliphatic carbocycles. The van der Waals surface area contributed by atoms with Crippen LogP contribution >= 0.6 is 0 Å². The van der Waals surface area contributed by atoms with E-state index in [0.717, 1.165) is 32.1 Å². The lowest BCUT2D eigenvalue weighted by Gasteiger charge is -2.36. The first-order valence-electron chi connectivity index (χ1n) is 12.8. The molecule has 0 spiro atoms. The number of carbonyl (C=O) groups is 2. The average molecular weight is 525 g/mol. The third-order valence-corrected chi connectivity index (χ3v) is 9.12. The van der Waals surface area contributed by atoms with Crippen LogP contribution in [0, 0.1) is 11.7 Å². The van der Waals surface area contributed by atoms with E-state index in [4.69, 9.17) is 4.74 Å². The van der Waals surface area contributed by atoms with Crippen LogP contribution in [0.4, 0.5) is 4.39 Å². The topological polar surface area (TPSA) is 108 Å². The maximum Gasteiger partial charge on any atom is 0.245 e. The molecule has 9 nitrogen and oxygen atoms in total. The van der Waals surface area contributed by atoms with Gasteiger partial charge in [0.15, 0.2) is 0 Å². The van der Waals surface area contributed by atoms with E-state index in [0.29, 0.717) is 18.7 Å². The smallest absolute Gasteiger partial charge is 0.245 e. The summed E-state index contributed by atoms with van der Waals surface area (Å²) in [6, 6.07) is 3.53. The Morgan fingerprint density at radius 1 is 1.11 bits per heavy atom. The lowest BCUT2D eigenvalue weighted by Crippen LogP contribution is -2.58. The molecule has 4 rings (SSSR count). The third-order valence-electron chi connectivity index (χ3n) is 7.85. The summed E-state index contributed by atoms with van der Waals surface area (Å²) >= 11 is 0. The van der Waals surface area contributed by atoms with Gasteiger partial charge in [-0.15, -0.1) is 0 Å². The van der Waals surface area contributed by atoms with Gasteiger partial charge in [0.25, 0.3) is 0 Å². The van der Waals surface area contributed by atoms with Crippen LogP contribution in [-0.2, 0) is 19.6 Å². The summed E-state index contributed by atoms with van der Waals surface area (Å²) in [6.45, 7) is 2.23. The van der Waals surface area contributed by atoms with E-state index >= 15 is 0 Å². The van der Waals surface area contributed by atoms with Crippen LogP contribution in [0.1, 0.15) is 45.4 Å². The molecule has 2 aliphatic heterocycles. The van der Waals surface area contributed by atoms with E-state index in [2.05, 4.69) is 10.6 Å². The number of hydrogen-bond acceptors (Lipinski definition) is 6. The summed E-state index contributed by atoms with van der Waals surface area (Å²) < 4.78 is 46.1. The Morgan fingerprint density at radius 2 is 1.78 bits per heavy atom. The molecular formula is C25H37FN4O5S. The SMILES string of the molecule is CN[C@@H](C)C(=O)N[C@H](C(=O)N1CC[C@@H]2[C@H]1[C@@H](Oc1ccc(F)cc1)CN2S(C)(=O)=O)C1CCCCC1. The van der Waals surface area contributed by atoms with E-state index in [-0.39, 0.29) is 24.3 Å². The number of ether oxygens (including phenoxy) is 1. The minimum Gasteiger partial charge on any atom is -0.487 e. The van der Waals surface area contributed by atoms with Crippen molar-refractivity contribution in [2.75, 3.05) is 26.4 Å². The number of hydrogen-bond donors (Lipinski definition) is 2. The first-order valence-corrected chi connectivity index (χ1v) is 14.6. The number of amides is 2. The molecule has 11 heteroatoms. The Balaban J connectivity index is 1.61. The number of nitrogens with zero attached hydrogens (tertiary/aromatic N) is 2. The van der Waals surface area contributed by atoms with Crippen LogP contribution in [-0.4, -0.2) is 86.1 Å². The van der Waals surface area contributed by atoms with Gasteiger partial charge in [0.2, 0.25) is 21.8 Å². The van der Waals surface area contributed by atoms with Gasteiger partial charge in [-0.05, 0) is 63.4 Å². The number of nitrogens with one attached hydrogen (secondary N) is 2. The lowest BCUT2D eigenvalue weighted by atomic mass is 9.83. The van der Waals surface area contributed by atoms with Crippen molar-refractivity contribution in [1.29, 1.82) is 0 Å². The van der Waals surface area contributed by atoms with Crippen molar-refractivity contribution in [3.63, 3.8) is 0 Å². The second-order valence-corrected chi connectivity index (χ2v) is 12.2. The van der Waals surface area contributed by atoms with Gasteiger partial charge in [0.05, 0.1) is 30.9 Å². The monoisotopic (exact) mass is 524 g/mol. The quantitative estimate of drug-likeness (QED) is 0.534. The molecule has 0 radical (unpaired) electrons. The maximum atomic E-state index is 14.1. The van der Waals surface area contributed by atoms with E-state index in [9.17, 15) is 22.4 Å². The number of likely N-dealkylation sites (tertiary alicyclic amines) is 1. The highest BCUT2D eigenvalue weighted by Gasteiger charge is 2.55. The summed E-state index contributed by atoms with van der Waals surface area (Å²) in [6.07, 6.45) is 5.90. The summed E-state index contributed by atoms with van der Waals surface area (Å²) in [5, 5.41) is 5.92. The van der Waals surface area contributed by atoms with Gasteiger partial charge >= 0.3 is 0 Å². The Kier molecular flexibility index (Phi) is 8.21. The van der Waals surface area contributed by atoms with Crippen molar-refractivity contribution in [2.24, 2.45) is 5.92 Å². The minimum atomic E-state index is -3.53. The summed E-state index contributed by atoms with van der Waals surface area (Å²) in [5.74, 6) is -0.379. The van der Waals surface area contributed by atoms with Gasteiger partial charge in [0, 0.05) is 6.54 Å². The van der Waals surface area contributed by atoms with Gasteiger partial charge in [0.1, 0.15) is 23.7 Å². The normalized spacial score (nSPS) is 26.9. The van der Waals surface area contributed by atoms with Crippen molar-refractivity contribution < 1.29 is 27.1 Å². The zero-order valence-electron chi connectivity index (χ0n) is 21.2. The Labute approximate surface area is 212 Å². The molecule has 3 aliphatic rings. The molecule has 1 aromatic rings. The molecule has 0 aromatic heterocycles. The number of likely N-dealkylation sites (N-methyl/N-ethyl adjacent to an activating group) is 1. The van der Waals surface area contributed by atoms with Crippen LogP contribution in [0.5, 0.6) is 5.75 Å². The first kappa shape index (κ1) is 26.8. The fraction of sp³-hybridized carbons (Fsp3) is 0.680. The largest absolute Gasteiger partial charge is 0.487 e. The van der Waals surface area contributed by atoms with Crippen LogP contribution < -0.4 is 15.4 Å². The highest BCUT2D eigenvalue weighted by atomic mass is 32.2. The Hall–Kier alpha value is -2.24. The average Bonchev–Trinajstić information content (AvgIpc) is 3.44. The highest BCUT2D eigenvalue weighted by Crippen LogP contribution is 2.37. The van der Waals surface area contributed by atoms with E-state index < -0.39 is 46.1 Å². The number of carbonyl (C=O) groups excluding carboxylic acids is 2. The van der Waals surface area contributed by atoms with Crippen LogP contribution in [0.15, 0.2) is 24.3 Å². The zero-order valence-corrected chi connectivity index (χ0v) is 22.0. The molecule has 1 aromatic carbocycles. The fourth-order valence-corrected chi connectivity index (χ4v) is 6.99. The molecule has 0 bridgehead atoms. The molecule has 2 amide bonds. The van der Waals surface area contributed by atoms with E-state index in [1.807, 2.05) is 0 Å². The fourth-order valence-electron chi connectivity index (χ4n) is 5.85. The molecule has 5 atom stereocenters. The molecule has 0 unspecified atom stereocenters. The molecule has 2 heterocycles. The summed E-state index contributed by atoms with van der Waals surface area (Å²) in [5.41, 5.74) is 0. The van der Waals surface area contributed by atoms with Gasteiger partial charge < -0.3 is 20.3 Å². The molecule has 36 heavy (non-hydrogen) atoms. The third kappa shape index (κ3) is 5.68. The molecule has 200 valence electrons.